The number of rotatable bonds is 2. The minimum atomic E-state index is -0.404. The molecule has 0 bridgehead atoms. The maximum Gasteiger partial charge on any atom is 0.407 e. The van der Waals surface area contributed by atoms with E-state index in [2.05, 4.69) is 35.9 Å². The van der Waals surface area contributed by atoms with E-state index < -0.39 is 6.09 Å². The first kappa shape index (κ1) is 12.9. The Bertz CT molecular complexity index is 455. The van der Waals surface area contributed by atoms with E-state index in [9.17, 15) is 4.79 Å². The number of nitrogens with one attached hydrogen (secondary N) is 1. The minimum absolute atomic E-state index is 0.0716. The third kappa shape index (κ3) is 2.84. The molecule has 6 nitrogen and oxygen atoms in total. The van der Waals surface area contributed by atoms with Crippen LogP contribution in [-0.4, -0.2) is 37.3 Å². The molecular formula is C11H15BrN4O2. The van der Waals surface area contributed by atoms with E-state index in [0.29, 0.717) is 12.2 Å². The average molecular weight is 315 g/mol. The van der Waals surface area contributed by atoms with Gasteiger partial charge in [0.2, 0.25) is 0 Å². The second-order valence-electron chi connectivity index (χ2n) is 4.13. The van der Waals surface area contributed by atoms with Crippen molar-refractivity contribution in [2.45, 2.75) is 12.5 Å². The summed E-state index contributed by atoms with van der Waals surface area (Å²) in [5.74, 6) is 0.757. The fraction of sp³-hybridized carbons (Fsp3) is 0.455. The highest BCUT2D eigenvalue weighted by molar-refractivity contribution is 9.10. The third-order valence-corrected chi connectivity index (χ3v) is 3.29. The zero-order valence-electron chi connectivity index (χ0n) is 10.0. The number of aromatic nitrogens is 1. The van der Waals surface area contributed by atoms with Crippen LogP contribution in [0, 0.1) is 0 Å². The molecule has 1 saturated heterocycles. The van der Waals surface area contributed by atoms with E-state index in [0.717, 1.165) is 23.3 Å². The molecule has 2 heterocycles. The molecule has 1 aliphatic rings. The molecule has 1 fully saturated rings. The van der Waals surface area contributed by atoms with Gasteiger partial charge in [-0.2, -0.15) is 0 Å². The predicted molar refractivity (Wildman–Crippen MR) is 72.5 cm³/mol. The van der Waals surface area contributed by atoms with Gasteiger partial charge in [0.15, 0.2) is 5.82 Å². The fourth-order valence-electron chi connectivity index (χ4n) is 2.01. The molecule has 1 aromatic heterocycles. The van der Waals surface area contributed by atoms with Crippen molar-refractivity contribution in [3.8, 4) is 0 Å². The standard InChI is InChI=1S/C11H15BrN4O2/c1-18-11(17)15-8-2-3-16(6-8)10-9(13)4-7(12)5-14-10/h4-5,8H,2-3,6,13H2,1H3,(H,15,17). The summed E-state index contributed by atoms with van der Waals surface area (Å²) in [6.07, 6.45) is 2.16. The normalized spacial score (nSPS) is 18.8. The number of alkyl carbamates (subject to hydrolysis) is 1. The molecule has 0 radical (unpaired) electrons. The summed E-state index contributed by atoms with van der Waals surface area (Å²) in [5.41, 5.74) is 6.56. The zero-order valence-corrected chi connectivity index (χ0v) is 11.6. The molecule has 0 saturated carbocycles. The van der Waals surface area contributed by atoms with E-state index in [1.54, 1.807) is 6.20 Å². The monoisotopic (exact) mass is 314 g/mol. The first-order valence-electron chi connectivity index (χ1n) is 5.60. The lowest BCUT2D eigenvalue weighted by Crippen LogP contribution is -2.37. The van der Waals surface area contributed by atoms with E-state index in [1.165, 1.54) is 7.11 Å². The Morgan fingerprint density at radius 1 is 1.72 bits per heavy atom. The van der Waals surface area contributed by atoms with Crippen LogP contribution in [0.2, 0.25) is 0 Å². The highest BCUT2D eigenvalue weighted by atomic mass is 79.9. The van der Waals surface area contributed by atoms with Crippen molar-refractivity contribution in [3.05, 3.63) is 16.7 Å². The van der Waals surface area contributed by atoms with E-state index >= 15 is 0 Å². The molecule has 98 valence electrons. The molecule has 1 aromatic rings. The van der Waals surface area contributed by atoms with Gasteiger partial charge < -0.3 is 20.7 Å². The lowest BCUT2D eigenvalue weighted by Gasteiger charge is -2.19. The van der Waals surface area contributed by atoms with Gasteiger partial charge in [0.25, 0.3) is 0 Å². The van der Waals surface area contributed by atoms with Gasteiger partial charge in [-0.1, -0.05) is 0 Å². The molecule has 1 amide bonds. The van der Waals surface area contributed by atoms with Crippen LogP contribution >= 0.6 is 15.9 Å². The molecule has 3 N–H and O–H groups in total. The minimum Gasteiger partial charge on any atom is -0.453 e. The lowest BCUT2D eigenvalue weighted by atomic mass is 10.3. The Kier molecular flexibility index (Phi) is 3.90. The van der Waals surface area contributed by atoms with Crippen LogP contribution in [0.25, 0.3) is 0 Å². The Morgan fingerprint density at radius 2 is 2.50 bits per heavy atom. The van der Waals surface area contributed by atoms with Gasteiger partial charge in [-0.15, -0.1) is 0 Å². The number of nitrogen functional groups attached to an aromatic ring is 1. The number of nitrogens with two attached hydrogens (primary N) is 1. The Hall–Kier alpha value is -1.50. The Morgan fingerprint density at radius 3 is 3.17 bits per heavy atom. The number of anilines is 2. The fourth-order valence-corrected chi connectivity index (χ4v) is 2.36. The SMILES string of the molecule is COC(=O)NC1CCN(c2ncc(Br)cc2N)C1. The van der Waals surface area contributed by atoms with Crippen molar-refractivity contribution in [1.82, 2.24) is 10.3 Å². The molecule has 0 aromatic carbocycles. The van der Waals surface area contributed by atoms with Crippen LogP contribution in [0.4, 0.5) is 16.3 Å². The predicted octanol–water partition coefficient (Wildman–Crippen LogP) is 1.36. The molecule has 18 heavy (non-hydrogen) atoms. The van der Waals surface area contributed by atoms with Gasteiger partial charge in [0.05, 0.1) is 18.8 Å². The van der Waals surface area contributed by atoms with Gasteiger partial charge in [-0.25, -0.2) is 9.78 Å². The molecule has 2 rings (SSSR count). The number of methoxy groups -OCH3 is 1. The van der Waals surface area contributed by atoms with E-state index in [1.807, 2.05) is 6.07 Å². The maximum atomic E-state index is 11.1. The first-order chi connectivity index (χ1) is 8.60. The summed E-state index contributed by atoms with van der Waals surface area (Å²) in [6.45, 7) is 1.50. The zero-order chi connectivity index (χ0) is 13.1. The maximum absolute atomic E-state index is 11.1. The van der Waals surface area contributed by atoms with Gasteiger partial charge in [0, 0.05) is 23.8 Å². The quantitative estimate of drug-likeness (QED) is 0.861. The van der Waals surface area contributed by atoms with Gasteiger partial charge >= 0.3 is 6.09 Å². The topological polar surface area (TPSA) is 80.5 Å². The summed E-state index contributed by atoms with van der Waals surface area (Å²) >= 11 is 3.32. The molecule has 0 aliphatic carbocycles. The second-order valence-corrected chi connectivity index (χ2v) is 5.05. The number of carbonyl (C=O) groups excluding carboxylic acids is 1. The average Bonchev–Trinajstić information content (AvgIpc) is 2.77. The van der Waals surface area contributed by atoms with Crippen LogP contribution in [0.1, 0.15) is 6.42 Å². The lowest BCUT2D eigenvalue weighted by molar-refractivity contribution is 0.167. The Labute approximate surface area is 114 Å². The van der Waals surface area contributed by atoms with Crippen molar-refractivity contribution in [3.63, 3.8) is 0 Å². The van der Waals surface area contributed by atoms with Crippen LogP contribution < -0.4 is 16.0 Å². The molecule has 1 unspecified atom stereocenters. The third-order valence-electron chi connectivity index (χ3n) is 2.86. The highest BCUT2D eigenvalue weighted by Crippen LogP contribution is 2.26. The number of amides is 1. The van der Waals surface area contributed by atoms with Crippen LogP contribution in [0.5, 0.6) is 0 Å². The molecule has 7 heteroatoms. The van der Waals surface area contributed by atoms with Crippen LogP contribution in [0.3, 0.4) is 0 Å². The summed E-state index contributed by atoms with van der Waals surface area (Å²) < 4.78 is 5.43. The number of pyridine rings is 1. The molecule has 1 aliphatic heterocycles. The van der Waals surface area contributed by atoms with Crippen LogP contribution in [-0.2, 0) is 4.74 Å². The summed E-state index contributed by atoms with van der Waals surface area (Å²) in [4.78, 5) is 17.5. The van der Waals surface area contributed by atoms with Crippen molar-refractivity contribution >= 4 is 33.5 Å². The summed E-state index contributed by atoms with van der Waals surface area (Å²) in [6, 6.07) is 1.89. The molecular weight excluding hydrogens is 300 g/mol. The summed E-state index contributed by atoms with van der Waals surface area (Å²) in [5, 5.41) is 2.78. The first-order valence-corrected chi connectivity index (χ1v) is 6.40. The number of ether oxygens (including phenoxy) is 1. The highest BCUT2D eigenvalue weighted by Gasteiger charge is 2.26. The van der Waals surface area contributed by atoms with Gasteiger partial charge in [-0.3, -0.25) is 0 Å². The van der Waals surface area contributed by atoms with Crippen molar-refractivity contribution in [2.75, 3.05) is 30.8 Å². The number of hydrogen-bond acceptors (Lipinski definition) is 5. The second kappa shape index (κ2) is 5.43. The van der Waals surface area contributed by atoms with E-state index in [4.69, 9.17) is 5.73 Å². The van der Waals surface area contributed by atoms with Gasteiger partial charge in [-0.05, 0) is 28.4 Å². The largest absolute Gasteiger partial charge is 0.453 e. The van der Waals surface area contributed by atoms with Gasteiger partial charge in [0.1, 0.15) is 0 Å². The number of hydrogen-bond donors (Lipinski definition) is 2. The Balaban J connectivity index is 2.02. The molecule has 0 spiro atoms. The van der Waals surface area contributed by atoms with Crippen molar-refractivity contribution in [1.29, 1.82) is 0 Å². The van der Waals surface area contributed by atoms with Crippen LogP contribution in [0.15, 0.2) is 16.7 Å². The van der Waals surface area contributed by atoms with E-state index in [-0.39, 0.29) is 6.04 Å². The van der Waals surface area contributed by atoms with Crippen molar-refractivity contribution in [2.24, 2.45) is 0 Å². The number of halogens is 1. The molecule has 1 atom stereocenters. The number of nitrogens with zero attached hydrogens (tertiary/aromatic N) is 2. The number of carbonyl (C=O) groups is 1. The summed E-state index contributed by atoms with van der Waals surface area (Å²) in [7, 11) is 1.36. The smallest absolute Gasteiger partial charge is 0.407 e. The van der Waals surface area contributed by atoms with Crippen molar-refractivity contribution < 1.29 is 9.53 Å².